The average Bonchev–Trinajstić information content (AvgIpc) is 2.40. The van der Waals surface area contributed by atoms with Gasteiger partial charge < -0.3 is 4.98 Å². The molecule has 1 N–H and O–H groups in total. The van der Waals surface area contributed by atoms with Gasteiger partial charge in [-0.3, -0.25) is 14.7 Å². The van der Waals surface area contributed by atoms with Crippen LogP contribution in [0.25, 0.3) is 10.9 Å². The predicted molar refractivity (Wildman–Crippen MR) is 73.8 cm³/mol. The molecule has 1 aliphatic rings. The molecule has 5 heteroatoms. The molecule has 0 bridgehead atoms. The van der Waals surface area contributed by atoms with Gasteiger partial charge in [-0.2, -0.15) is 0 Å². The number of hydrogen-bond acceptors (Lipinski definition) is 4. The van der Waals surface area contributed by atoms with Gasteiger partial charge in [-0.25, -0.2) is 4.98 Å². The van der Waals surface area contributed by atoms with Crippen LogP contribution < -0.4 is 5.56 Å². The van der Waals surface area contributed by atoms with Crippen molar-refractivity contribution in [3.63, 3.8) is 0 Å². The lowest BCUT2D eigenvalue weighted by atomic mass is 10.0. The Morgan fingerprint density at radius 3 is 3.21 bits per heavy atom. The van der Waals surface area contributed by atoms with Crippen molar-refractivity contribution < 1.29 is 0 Å². The Hall–Kier alpha value is -1.75. The Balaban J connectivity index is 1.85. The number of aromatic nitrogens is 3. The average molecular weight is 258 g/mol. The number of likely N-dealkylation sites (tertiary alicyclic amines) is 1. The molecule has 0 unspecified atom stereocenters. The van der Waals surface area contributed by atoms with Crippen molar-refractivity contribution >= 4 is 10.9 Å². The Bertz CT molecular complexity index is 637. The summed E-state index contributed by atoms with van der Waals surface area (Å²) in [7, 11) is 0. The maximum absolute atomic E-state index is 11.7. The Kier molecular flexibility index (Phi) is 3.29. The highest BCUT2D eigenvalue weighted by atomic mass is 16.1. The summed E-state index contributed by atoms with van der Waals surface area (Å²) in [4.78, 5) is 25.3. The van der Waals surface area contributed by atoms with Crippen molar-refractivity contribution in [3.05, 3.63) is 34.6 Å². The van der Waals surface area contributed by atoms with E-state index in [9.17, 15) is 4.79 Å². The van der Waals surface area contributed by atoms with E-state index in [-0.39, 0.29) is 5.56 Å². The van der Waals surface area contributed by atoms with E-state index in [1.165, 1.54) is 19.2 Å². The molecule has 3 rings (SSSR count). The predicted octanol–water partition coefficient (Wildman–Crippen LogP) is 1.55. The number of nitrogens with one attached hydrogen (secondary N) is 1. The van der Waals surface area contributed by atoms with Gasteiger partial charge in [-0.15, -0.1) is 0 Å². The van der Waals surface area contributed by atoms with Gasteiger partial charge in [0.05, 0.1) is 29.1 Å². The number of aromatic amines is 1. The van der Waals surface area contributed by atoms with Crippen LogP contribution in [0.1, 0.15) is 25.5 Å². The molecule has 2 aromatic rings. The molecule has 0 aromatic carbocycles. The number of H-pyrrole nitrogens is 1. The lowest BCUT2D eigenvalue weighted by Gasteiger charge is -2.30. The van der Waals surface area contributed by atoms with E-state index in [1.807, 2.05) is 6.07 Å². The summed E-state index contributed by atoms with van der Waals surface area (Å²) in [6.45, 7) is 5.33. The van der Waals surface area contributed by atoms with Crippen LogP contribution in [0, 0.1) is 5.92 Å². The first-order valence-electron chi connectivity index (χ1n) is 6.77. The number of nitrogens with zero attached hydrogens (tertiary/aromatic N) is 3. The minimum Gasteiger partial charge on any atom is -0.313 e. The summed E-state index contributed by atoms with van der Waals surface area (Å²) >= 11 is 0. The first-order valence-corrected chi connectivity index (χ1v) is 6.77. The third-order valence-electron chi connectivity index (χ3n) is 3.71. The zero-order valence-electron chi connectivity index (χ0n) is 11.1. The zero-order chi connectivity index (χ0) is 13.2. The van der Waals surface area contributed by atoms with Gasteiger partial charge in [0.15, 0.2) is 0 Å². The van der Waals surface area contributed by atoms with E-state index in [0.29, 0.717) is 10.9 Å². The molecular formula is C14H18N4O. The van der Waals surface area contributed by atoms with E-state index < -0.39 is 0 Å². The van der Waals surface area contributed by atoms with E-state index >= 15 is 0 Å². The quantitative estimate of drug-likeness (QED) is 0.887. The van der Waals surface area contributed by atoms with Gasteiger partial charge >= 0.3 is 0 Å². The first-order chi connectivity index (χ1) is 9.22. The largest absolute Gasteiger partial charge is 0.313 e. The smallest absolute Gasteiger partial charge is 0.258 e. The van der Waals surface area contributed by atoms with Gasteiger partial charge in [0.1, 0.15) is 0 Å². The number of rotatable bonds is 2. The second-order valence-electron chi connectivity index (χ2n) is 5.41. The molecule has 19 heavy (non-hydrogen) atoms. The highest BCUT2D eigenvalue weighted by Crippen LogP contribution is 2.17. The summed E-state index contributed by atoms with van der Waals surface area (Å²) in [5.74, 6) is 0.749. The maximum Gasteiger partial charge on any atom is 0.258 e. The van der Waals surface area contributed by atoms with E-state index in [0.717, 1.165) is 31.2 Å². The van der Waals surface area contributed by atoms with E-state index in [2.05, 4.69) is 26.8 Å². The summed E-state index contributed by atoms with van der Waals surface area (Å²) in [5, 5.41) is 0.623. The molecule has 3 heterocycles. The molecule has 0 radical (unpaired) electrons. The van der Waals surface area contributed by atoms with Gasteiger partial charge in [0.25, 0.3) is 5.56 Å². The van der Waals surface area contributed by atoms with Crippen LogP contribution >= 0.6 is 0 Å². The third kappa shape index (κ3) is 2.66. The highest BCUT2D eigenvalue weighted by Gasteiger charge is 2.16. The number of pyridine rings is 1. The van der Waals surface area contributed by atoms with E-state index in [1.54, 1.807) is 6.20 Å². The molecule has 1 atom stereocenters. The number of fused-ring (bicyclic) bond motifs is 1. The summed E-state index contributed by atoms with van der Waals surface area (Å²) in [5.41, 5.74) is 1.50. The standard InChI is InChI=1S/C14H18N4O/c1-10-3-2-4-18(7-10)8-11-5-12-13(6-15-11)16-9-17-14(12)19/h5-6,9-10H,2-4,7-8H2,1H3,(H,16,17,19)/t10-/m0/s1. The van der Waals surface area contributed by atoms with Crippen LogP contribution in [0.2, 0.25) is 0 Å². The van der Waals surface area contributed by atoms with Crippen LogP contribution in [-0.2, 0) is 6.54 Å². The minimum atomic E-state index is -0.0966. The molecule has 1 aliphatic heterocycles. The number of hydrogen-bond donors (Lipinski definition) is 1. The Morgan fingerprint density at radius 1 is 1.47 bits per heavy atom. The van der Waals surface area contributed by atoms with E-state index in [4.69, 9.17) is 0 Å². The molecular weight excluding hydrogens is 240 g/mol. The Labute approximate surface area is 111 Å². The summed E-state index contributed by atoms with van der Waals surface area (Å²) < 4.78 is 0. The SMILES string of the molecule is C[C@H]1CCCN(Cc2cc3c(=O)[nH]cnc3cn2)C1. The van der Waals surface area contributed by atoms with Crippen LogP contribution in [0.5, 0.6) is 0 Å². The molecule has 100 valence electrons. The molecule has 1 saturated heterocycles. The monoisotopic (exact) mass is 258 g/mol. The lowest BCUT2D eigenvalue weighted by Crippen LogP contribution is -2.34. The van der Waals surface area contributed by atoms with Crippen LogP contribution in [-0.4, -0.2) is 32.9 Å². The maximum atomic E-state index is 11.7. The van der Waals surface area contributed by atoms with Crippen molar-refractivity contribution in [1.29, 1.82) is 0 Å². The fourth-order valence-corrected chi connectivity index (χ4v) is 2.76. The second kappa shape index (κ2) is 5.09. The summed E-state index contributed by atoms with van der Waals surface area (Å²) in [6, 6.07) is 1.86. The fourth-order valence-electron chi connectivity index (χ4n) is 2.76. The number of piperidine rings is 1. The van der Waals surface area contributed by atoms with Gasteiger partial charge in [0, 0.05) is 13.1 Å². The van der Waals surface area contributed by atoms with Gasteiger partial charge in [0.2, 0.25) is 0 Å². The zero-order valence-corrected chi connectivity index (χ0v) is 11.1. The highest BCUT2D eigenvalue weighted by molar-refractivity contribution is 5.76. The van der Waals surface area contributed by atoms with Crippen LogP contribution in [0.3, 0.4) is 0 Å². The van der Waals surface area contributed by atoms with Crippen molar-refractivity contribution in [3.8, 4) is 0 Å². The first kappa shape index (κ1) is 12.3. The van der Waals surface area contributed by atoms with Crippen LogP contribution in [0.4, 0.5) is 0 Å². The third-order valence-corrected chi connectivity index (χ3v) is 3.71. The van der Waals surface area contributed by atoms with Gasteiger partial charge in [-0.05, 0) is 31.4 Å². The molecule has 0 amide bonds. The topological polar surface area (TPSA) is 61.9 Å². The molecule has 2 aromatic heterocycles. The Morgan fingerprint density at radius 2 is 2.37 bits per heavy atom. The van der Waals surface area contributed by atoms with Crippen molar-refractivity contribution in [2.45, 2.75) is 26.3 Å². The normalized spacial score (nSPS) is 20.8. The minimum absolute atomic E-state index is 0.0966. The summed E-state index contributed by atoms with van der Waals surface area (Å²) in [6.07, 6.45) is 5.66. The molecule has 0 aliphatic carbocycles. The molecule has 0 saturated carbocycles. The van der Waals surface area contributed by atoms with Crippen molar-refractivity contribution in [2.24, 2.45) is 5.92 Å². The van der Waals surface area contributed by atoms with Crippen molar-refractivity contribution in [2.75, 3.05) is 13.1 Å². The van der Waals surface area contributed by atoms with Crippen molar-refractivity contribution in [1.82, 2.24) is 19.9 Å². The molecule has 1 fully saturated rings. The lowest BCUT2D eigenvalue weighted by molar-refractivity contribution is 0.175. The van der Waals surface area contributed by atoms with Crippen LogP contribution in [0.15, 0.2) is 23.4 Å². The molecule has 5 nitrogen and oxygen atoms in total. The fraction of sp³-hybridized carbons (Fsp3) is 0.500. The second-order valence-corrected chi connectivity index (χ2v) is 5.41. The van der Waals surface area contributed by atoms with Gasteiger partial charge in [-0.1, -0.05) is 6.92 Å². The molecule has 0 spiro atoms.